The van der Waals surface area contributed by atoms with E-state index < -0.39 is 0 Å². The summed E-state index contributed by atoms with van der Waals surface area (Å²) in [5.41, 5.74) is 1.29. The first kappa shape index (κ1) is 20.3. The number of guanidine groups is 1. The van der Waals surface area contributed by atoms with Gasteiger partial charge in [-0.3, -0.25) is 9.89 Å². The highest BCUT2D eigenvalue weighted by atomic mass is 16.3. The molecule has 0 saturated carbocycles. The van der Waals surface area contributed by atoms with Crippen LogP contribution >= 0.6 is 0 Å². The highest BCUT2D eigenvalue weighted by Gasteiger charge is 2.25. The SMILES string of the molecule is CCN(CC)C(CNC(=NC)NC1CCN(c2ccccc2)C1)c1ccco1. The second-order valence-electron chi connectivity index (χ2n) is 7.12. The fourth-order valence-corrected chi connectivity index (χ4v) is 3.89. The average Bonchev–Trinajstić information content (AvgIpc) is 3.43. The van der Waals surface area contributed by atoms with Gasteiger partial charge in [0.2, 0.25) is 0 Å². The van der Waals surface area contributed by atoms with Crippen LogP contribution < -0.4 is 15.5 Å². The fourth-order valence-electron chi connectivity index (χ4n) is 3.89. The number of anilines is 1. The quantitative estimate of drug-likeness (QED) is 0.542. The van der Waals surface area contributed by atoms with Crippen molar-refractivity contribution in [3.63, 3.8) is 0 Å². The number of rotatable bonds is 8. The summed E-state index contributed by atoms with van der Waals surface area (Å²) in [7, 11) is 1.83. The Bertz CT molecular complexity index is 712. The molecule has 2 aromatic rings. The van der Waals surface area contributed by atoms with Crippen LogP contribution in [0.1, 0.15) is 32.1 Å². The maximum Gasteiger partial charge on any atom is 0.191 e. The second-order valence-corrected chi connectivity index (χ2v) is 7.12. The van der Waals surface area contributed by atoms with E-state index in [9.17, 15) is 0 Å². The van der Waals surface area contributed by atoms with Crippen molar-refractivity contribution in [2.24, 2.45) is 4.99 Å². The highest BCUT2D eigenvalue weighted by Crippen LogP contribution is 2.21. The van der Waals surface area contributed by atoms with Crippen LogP contribution in [-0.2, 0) is 0 Å². The Morgan fingerprint density at radius 3 is 2.64 bits per heavy atom. The summed E-state index contributed by atoms with van der Waals surface area (Å²) in [5.74, 6) is 1.84. The minimum atomic E-state index is 0.188. The van der Waals surface area contributed by atoms with E-state index in [-0.39, 0.29) is 6.04 Å². The van der Waals surface area contributed by atoms with Crippen molar-refractivity contribution in [3.05, 3.63) is 54.5 Å². The third-order valence-electron chi connectivity index (χ3n) is 5.46. The lowest BCUT2D eigenvalue weighted by Crippen LogP contribution is -2.47. The summed E-state index contributed by atoms with van der Waals surface area (Å²) >= 11 is 0. The van der Waals surface area contributed by atoms with Crippen LogP contribution in [0.2, 0.25) is 0 Å². The molecule has 0 aliphatic carbocycles. The van der Waals surface area contributed by atoms with Gasteiger partial charge in [0, 0.05) is 38.4 Å². The first-order valence-electron chi connectivity index (χ1n) is 10.3. The Morgan fingerprint density at radius 1 is 1.21 bits per heavy atom. The molecule has 0 spiro atoms. The summed E-state index contributed by atoms with van der Waals surface area (Å²) in [6, 6.07) is 15.2. The molecule has 0 radical (unpaired) electrons. The molecule has 2 N–H and O–H groups in total. The van der Waals surface area contributed by atoms with Crippen molar-refractivity contribution >= 4 is 11.6 Å². The molecule has 2 atom stereocenters. The van der Waals surface area contributed by atoms with Gasteiger partial charge in [-0.15, -0.1) is 0 Å². The lowest BCUT2D eigenvalue weighted by molar-refractivity contribution is 0.193. The average molecular weight is 384 g/mol. The molecule has 1 saturated heterocycles. The first-order chi connectivity index (χ1) is 13.7. The lowest BCUT2D eigenvalue weighted by atomic mass is 10.2. The fraction of sp³-hybridized carbons (Fsp3) is 0.500. The van der Waals surface area contributed by atoms with Crippen LogP contribution in [0.15, 0.2) is 58.1 Å². The molecule has 3 rings (SSSR count). The largest absolute Gasteiger partial charge is 0.468 e. The zero-order valence-corrected chi connectivity index (χ0v) is 17.3. The maximum atomic E-state index is 5.69. The molecule has 0 amide bonds. The smallest absolute Gasteiger partial charge is 0.191 e. The number of hydrogen-bond donors (Lipinski definition) is 2. The van der Waals surface area contributed by atoms with E-state index >= 15 is 0 Å². The number of nitrogens with zero attached hydrogens (tertiary/aromatic N) is 3. The third-order valence-corrected chi connectivity index (χ3v) is 5.46. The standard InChI is InChI=1S/C22H33N5O/c1-4-26(5-2)20(21-12-9-15-28-21)16-24-22(23-3)25-18-13-14-27(17-18)19-10-7-6-8-11-19/h6-12,15,18,20H,4-5,13-14,16-17H2,1-3H3,(H2,23,24,25). The van der Waals surface area contributed by atoms with Crippen molar-refractivity contribution in [1.82, 2.24) is 15.5 Å². The number of aliphatic imine (C=N–C) groups is 1. The maximum absolute atomic E-state index is 5.69. The molecular formula is C22H33N5O. The van der Waals surface area contributed by atoms with Gasteiger partial charge in [0.15, 0.2) is 5.96 Å². The van der Waals surface area contributed by atoms with E-state index in [1.54, 1.807) is 6.26 Å². The van der Waals surface area contributed by atoms with E-state index in [2.05, 4.69) is 75.7 Å². The van der Waals surface area contributed by atoms with Gasteiger partial charge in [-0.05, 0) is 43.8 Å². The van der Waals surface area contributed by atoms with E-state index in [0.29, 0.717) is 6.04 Å². The predicted octanol–water partition coefficient (Wildman–Crippen LogP) is 3.11. The normalized spacial score (nSPS) is 18.5. The highest BCUT2D eigenvalue weighted by molar-refractivity contribution is 5.80. The molecule has 6 nitrogen and oxygen atoms in total. The van der Waals surface area contributed by atoms with Crippen molar-refractivity contribution in [2.45, 2.75) is 32.4 Å². The predicted molar refractivity (Wildman–Crippen MR) is 116 cm³/mol. The molecule has 2 unspecified atom stereocenters. The molecule has 1 aliphatic rings. The summed E-state index contributed by atoms with van der Waals surface area (Å²) in [5, 5.41) is 7.10. The molecule has 1 fully saturated rings. The molecule has 28 heavy (non-hydrogen) atoms. The summed E-state index contributed by atoms with van der Waals surface area (Å²) in [4.78, 5) is 9.26. The Kier molecular flexibility index (Phi) is 7.37. The third kappa shape index (κ3) is 5.07. The second kappa shape index (κ2) is 10.2. The Balaban J connectivity index is 1.55. The van der Waals surface area contributed by atoms with Gasteiger partial charge in [-0.2, -0.15) is 0 Å². The van der Waals surface area contributed by atoms with Crippen molar-refractivity contribution in [2.75, 3.05) is 44.7 Å². The van der Waals surface area contributed by atoms with Crippen molar-refractivity contribution < 1.29 is 4.42 Å². The van der Waals surface area contributed by atoms with Gasteiger partial charge in [0.25, 0.3) is 0 Å². The van der Waals surface area contributed by atoms with Gasteiger partial charge in [-0.25, -0.2) is 0 Å². The Labute approximate surface area is 168 Å². The molecular weight excluding hydrogens is 350 g/mol. The van der Waals surface area contributed by atoms with Crippen LogP contribution in [0.5, 0.6) is 0 Å². The molecule has 6 heteroatoms. The number of nitrogens with one attached hydrogen (secondary N) is 2. The zero-order chi connectivity index (χ0) is 19.8. The molecule has 0 bridgehead atoms. The number of hydrogen-bond acceptors (Lipinski definition) is 4. The topological polar surface area (TPSA) is 56.0 Å². The van der Waals surface area contributed by atoms with E-state index in [4.69, 9.17) is 4.42 Å². The summed E-state index contributed by atoms with van der Waals surface area (Å²) in [6.45, 7) is 9.13. The van der Waals surface area contributed by atoms with Gasteiger partial charge >= 0.3 is 0 Å². The first-order valence-corrected chi connectivity index (χ1v) is 10.3. The van der Waals surface area contributed by atoms with E-state index in [1.807, 2.05) is 13.1 Å². The van der Waals surface area contributed by atoms with Crippen molar-refractivity contribution in [3.8, 4) is 0 Å². The van der Waals surface area contributed by atoms with Gasteiger partial charge < -0.3 is 20.0 Å². The van der Waals surface area contributed by atoms with Gasteiger partial charge in [-0.1, -0.05) is 32.0 Å². The Morgan fingerprint density at radius 2 is 2.00 bits per heavy atom. The molecule has 2 heterocycles. The van der Waals surface area contributed by atoms with Crippen LogP contribution in [0.3, 0.4) is 0 Å². The van der Waals surface area contributed by atoms with Crippen LogP contribution in [0, 0.1) is 0 Å². The van der Waals surface area contributed by atoms with E-state index in [0.717, 1.165) is 50.9 Å². The van der Waals surface area contributed by atoms with Crippen LogP contribution in [-0.4, -0.2) is 56.7 Å². The summed E-state index contributed by atoms with van der Waals surface area (Å²) < 4.78 is 5.69. The van der Waals surface area contributed by atoms with Crippen LogP contribution in [0.25, 0.3) is 0 Å². The van der Waals surface area contributed by atoms with Crippen molar-refractivity contribution in [1.29, 1.82) is 0 Å². The number of furan rings is 1. The number of likely N-dealkylation sites (N-methyl/N-ethyl adjacent to an activating group) is 1. The monoisotopic (exact) mass is 383 g/mol. The van der Waals surface area contributed by atoms with Crippen LogP contribution in [0.4, 0.5) is 5.69 Å². The van der Waals surface area contributed by atoms with Gasteiger partial charge in [0.05, 0.1) is 12.3 Å². The lowest BCUT2D eigenvalue weighted by Gasteiger charge is -2.29. The van der Waals surface area contributed by atoms with Gasteiger partial charge in [0.1, 0.15) is 5.76 Å². The minimum absolute atomic E-state index is 0.188. The molecule has 1 aliphatic heterocycles. The summed E-state index contributed by atoms with van der Waals surface area (Å²) in [6.07, 6.45) is 2.85. The number of benzene rings is 1. The zero-order valence-electron chi connectivity index (χ0n) is 17.3. The molecule has 1 aromatic carbocycles. The molecule has 1 aromatic heterocycles. The van der Waals surface area contributed by atoms with E-state index in [1.165, 1.54) is 5.69 Å². The molecule has 152 valence electrons. The number of para-hydroxylation sites is 1. The Hall–Kier alpha value is -2.47. The minimum Gasteiger partial charge on any atom is -0.468 e.